The summed E-state index contributed by atoms with van der Waals surface area (Å²) in [6, 6.07) is 7.54. The predicted octanol–water partition coefficient (Wildman–Crippen LogP) is 2.82. The molecular formula is C15H23ClN2O2. The molecule has 1 aromatic rings. The third-order valence-electron chi connectivity index (χ3n) is 3.74. The van der Waals surface area contributed by atoms with E-state index in [1.165, 1.54) is 0 Å². The Kier molecular flexibility index (Phi) is 6.82. The molecule has 2 atom stereocenters. The van der Waals surface area contributed by atoms with Gasteiger partial charge < -0.3 is 15.8 Å². The minimum Gasteiger partial charge on any atom is -0.492 e. The largest absolute Gasteiger partial charge is 0.492 e. The van der Waals surface area contributed by atoms with Crippen molar-refractivity contribution in [3.8, 4) is 5.75 Å². The number of nitrogens with two attached hydrogens (primary N) is 1. The molecule has 1 saturated carbocycles. The van der Waals surface area contributed by atoms with Crippen molar-refractivity contribution in [2.75, 3.05) is 18.5 Å². The molecule has 2 rings (SSSR count). The van der Waals surface area contributed by atoms with Crippen LogP contribution in [0, 0.1) is 11.8 Å². The maximum Gasteiger partial charge on any atom is 0.227 e. The van der Waals surface area contributed by atoms with Crippen LogP contribution >= 0.6 is 12.4 Å². The van der Waals surface area contributed by atoms with E-state index in [1.54, 1.807) is 0 Å². The first-order chi connectivity index (χ1) is 9.26. The summed E-state index contributed by atoms with van der Waals surface area (Å²) in [4.78, 5) is 12.3. The fourth-order valence-corrected chi connectivity index (χ4v) is 2.74. The monoisotopic (exact) mass is 298 g/mol. The number of rotatable bonds is 5. The third-order valence-corrected chi connectivity index (χ3v) is 3.74. The molecule has 0 bridgehead atoms. The fourth-order valence-electron chi connectivity index (χ4n) is 2.74. The van der Waals surface area contributed by atoms with E-state index in [1.807, 2.05) is 31.2 Å². The van der Waals surface area contributed by atoms with E-state index >= 15 is 0 Å². The highest BCUT2D eigenvalue weighted by molar-refractivity contribution is 5.94. The predicted molar refractivity (Wildman–Crippen MR) is 83.4 cm³/mol. The number of hydrogen-bond acceptors (Lipinski definition) is 3. The SMILES string of the molecule is CCOc1ccccc1NC(=O)[C@@H]1CCC[C@@H]1CN.Cl. The molecule has 5 heteroatoms. The highest BCUT2D eigenvalue weighted by atomic mass is 35.5. The fraction of sp³-hybridized carbons (Fsp3) is 0.533. The normalized spacial score (nSPS) is 21.1. The summed E-state index contributed by atoms with van der Waals surface area (Å²) in [5, 5.41) is 2.98. The van der Waals surface area contributed by atoms with Crippen molar-refractivity contribution < 1.29 is 9.53 Å². The van der Waals surface area contributed by atoms with Gasteiger partial charge in [0.05, 0.1) is 12.3 Å². The molecule has 0 heterocycles. The number of anilines is 1. The first kappa shape index (κ1) is 16.8. The van der Waals surface area contributed by atoms with Gasteiger partial charge in [0.1, 0.15) is 5.75 Å². The number of benzene rings is 1. The first-order valence-corrected chi connectivity index (χ1v) is 6.99. The summed E-state index contributed by atoms with van der Waals surface area (Å²) in [6.07, 6.45) is 3.08. The Labute approximate surface area is 126 Å². The van der Waals surface area contributed by atoms with E-state index in [2.05, 4.69) is 5.32 Å². The van der Waals surface area contributed by atoms with Crippen LogP contribution in [-0.2, 0) is 4.79 Å². The molecule has 1 aromatic carbocycles. The molecule has 20 heavy (non-hydrogen) atoms. The Morgan fingerprint density at radius 3 is 2.85 bits per heavy atom. The molecule has 3 N–H and O–H groups in total. The van der Waals surface area contributed by atoms with E-state index in [4.69, 9.17) is 10.5 Å². The zero-order valence-electron chi connectivity index (χ0n) is 11.8. The van der Waals surface area contributed by atoms with Crippen LogP contribution in [0.2, 0.25) is 0 Å². The topological polar surface area (TPSA) is 64.3 Å². The molecular weight excluding hydrogens is 276 g/mol. The molecule has 1 amide bonds. The zero-order chi connectivity index (χ0) is 13.7. The van der Waals surface area contributed by atoms with Crippen LogP contribution in [0.25, 0.3) is 0 Å². The second-order valence-corrected chi connectivity index (χ2v) is 4.95. The molecule has 0 radical (unpaired) electrons. The average molecular weight is 299 g/mol. The Balaban J connectivity index is 0.00000200. The first-order valence-electron chi connectivity index (χ1n) is 6.99. The Morgan fingerprint density at radius 2 is 2.15 bits per heavy atom. The number of ether oxygens (including phenoxy) is 1. The highest BCUT2D eigenvalue weighted by Gasteiger charge is 2.32. The molecule has 0 aromatic heterocycles. The van der Waals surface area contributed by atoms with Crippen molar-refractivity contribution in [3.63, 3.8) is 0 Å². The van der Waals surface area contributed by atoms with Crippen molar-refractivity contribution in [2.24, 2.45) is 17.6 Å². The number of amides is 1. The number of nitrogens with one attached hydrogen (secondary N) is 1. The van der Waals surface area contributed by atoms with Gasteiger partial charge in [0.25, 0.3) is 0 Å². The minimum absolute atomic E-state index is 0. The van der Waals surface area contributed by atoms with Gasteiger partial charge in [0, 0.05) is 5.92 Å². The van der Waals surface area contributed by atoms with Gasteiger partial charge >= 0.3 is 0 Å². The Morgan fingerprint density at radius 1 is 1.40 bits per heavy atom. The summed E-state index contributed by atoms with van der Waals surface area (Å²) >= 11 is 0. The van der Waals surface area contributed by atoms with Gasteiger partial charge in [0.2, 0.25) is 5.91 Å². The lowest BCUT2D eigenvalue weighted by Crippen LogP contribution is -2.29. The summed E-state index contributed by atoms with van der Waals surface area (Å²) in [5.74, 6) is 1.15. The van der Waals surface area contributed by atoms with Crippen molar-refractivity contribution >= 4 is 24.0 Å². The summed E-state index contributed by atoms with van der Waals surface area (Å²) in [5.41, 5.74) is 6.48. The van der Waals surface area contributed by atoms with E-state index < -0.39 is 0 Å². The van der Waals surface area contributed by atoms with Crippen LogP contribution in [0.5, 0.6) is 5.75 Å². The average Bonchev–Trinajstić information content (AvgIpc) is 2.89. The quantitative estimate of drug-likeness (QED) is 0.878. The summed E-state index contributed by atoms with van der Waals surface area (Å²) in [7, 11) is 0. The molecule has 0 aliphatic heterocycles. The third kappa shape index (κ3) is 3.87. The van der Waals surface area contributed by atoms with E-state index in [0.717, 1.165) is 30.7 Å². The summed E-state index contributed by atoms with van der Waals surface area (Å²) < 4.78 is 5.51. The van der Waals surface area contributed by atoms with Gasteiger partial charge in [-0.1, -0.05) is 18.6 Å². The van der Waals surface area contributed by atoms with Gasteiger partial charge in [-0.05, 0) is 44.4 Å². The number of halogens is 1. The second-order valence-electron chi connectivity index (χ2n) is 4.95. The molecule has 1 fully saturated rings. The van der Waals surface area contributed by atoms with Gasteiger partial charge in [-0.25, -0.2) is 0 Å². The van der Waals surface area contributed by atoms with Crippen LogP contribution < -0.4 is 15.8 Å². The van der Waals surface area contributed by atoms with Crippen LogP contribution in [0.4, 0.5) is 5.69 Å². The number of para-hydroxylation sites is 2. The van der Waals surface area contributed by atoms with Gasteiger partial charge in [0.15, 0.2) is 0 Å². The zero-order valence-corrected chi connectivity index (χ0v) is 12.6. The molecule has 0 unspecified atom stereocenters. The molecule has 1 aliphatic carbocycles. The van der Waals surface area contributed by atoms with Crippen LogP contribution in [-0.4, -0.2) is 19.1 Å². The van der Waals surface area contributed by atoms with Crippen molar-refractivity contribution in [2.45, 2.75) is 26.2 Å². The Hall–Kier alpha value is -1.26. The van der Waals surface area contributed by atoms with Crippen molar-refractivity contribution in [1.29, 1.82) is 0 Å². The standard InChI is InChI=1S/C15H22N2O2.ClH/c1-2-19-14-9-4-3-8-13(14)17-15(18)12-7-5-6-11(12)10-16;/h3-4,8-9,11-12H,2,5-7,10,16H2,1H3,(H,17,18);1H/t11-,12-;/m1./s1. The number of carbonyl (C=O) groups is 1. The van der Waals surface area contributed by atoms with Gasteiger partial charge in [-0.2, -0.15) is 0 Å². The Bertz CT molecular complexity index is 440. The number of carbonyl (C=O) groups excluding carboxylic acids is 1. The van der Waals surface area contributed by atoms with E-state index in [0.29, 0.717) is 19.1 Å². The molecule has 1 aliphatic rings. The van der Waals surface area contributed by atoms with Gasteiger partial charge in [-0.3, -0.25) is 4.79 Å². The maximum absolute atomic E-state index is 12.3. The second kappa shape index (κ2) is 8.12. The molecule has 0 spiro atoms. The molecule has 112 valence electrons. The van der Waals surface area contributed by atoms with Crippen molar-refractivity contribution in [3.05, 3.63) is 24.3 Å². The lowest BCUT2D eigenvalue weighted by molar-refractivity contribution is -0.120. The maximum atomic E-state index is 12.3. The van der Waals surface area contributed by atoms with Crippen LogP contribution in [0.3, 0.4) is 0 Å². The lowest BCUT2D eigenvalue weighted by atomic mass is 9.95. The molecule has 4 nitrogen and oxygen atoms in total. The van der Waals surface area contributed by atoms with Gasteiger partial charge in [-0.15, -0.1) is 12.4 Å². The highest BCUT2D eigenvalue weighted by Crippen LogP contribution is 2.33. The van der Waals surface area contributed by atoms with E-state index in [9.17, 15) is 4.79 Å². The van der Waals surface area contributed by atoms with Crippen LogP contribution in [0.15, 0.2) is 24.3 Å². The van der Waals surface area contributed by atoms with E-state index in [-0.39, 0.29) is 24.2 Å². The number of hydrogen-bond donors (Lipinski definition) is 2. The smallest absolute Gasteiger partial charge is 0.227 e. The van der Waals surface area contributed by atoms with Crippen molar-refractivity contribution in [1.82, 2.24) is 0 Å². The van der Waals surface area contributed by atoms with Crippen LogP contribution in [0.1, 0.15) is 26.2 Å². The summed E-state index contributed by atoms with van der Waals surface area (Å²) in [6.45, 7) is 3.10. The molecule has 0 saturated heterocycles. The minimum atomic E-state index is 0. The lowest BCUT2D eigenvalue weighted by Gasteiger charge is -2.18.